The Bertz CT molecular complexity index is 2210. The van der Waals surface area contributed by atoms with Crippen molar-refractivity contribution in [3.8, 4) is 34.1 Å². The van der Waals surface area contributed by atoms with Gasteiger partial charge in [0.15, 0.2) is 0 Å². The number of fused-ring (bicyclic) bond motifs is 2. The molecule has 0 amide bonds. The van der Waals surface area contributed by atoms with Crippen LogP contribution in [0.2, 0.25) is 0 Å². The lowest BCUT2D eigenvalue weighted by Gasteiger charge is -2.35. The maximum Gasteiger partial charge on any atom is 0.275 e. The van der Waals surface area contributed by atoms with Crippen LogP contribution in [0, 0.1) is 13.8 Å². The van der Waals surface area contributed by atoms with Gasteiger partial charge in [0.05, 0.1) is 0 Å². The van der Waals surface area contributed by atoms with E-state index in [2.05, 4.69) is 182 Å². The highest BCUT2D eigenvalue weighted by Gasteiger charge is 2.35. The molecular formula is C50H60O4P2. The lowest BCUT2D eigenvalue weighted by atomic mass is 9.72. The third kappa shape index (κ3) is 8.88. The number of benzene rings is 6. The number of hydrogen-bond acceptors (Lipinski definition) is 4. The maximum absolute atomic E-state index is 7.01. The Hall–Kier alpha value is -4.10. The molecule has 0 heterocycles. The molecule has 0 saturated heterocycles. The first kappa shape index (κ1) is 41.5. The van der Waals surface area contributed by atoms with Crippen LogP contribution >= 0.6 is 18.1 Å². The Labute approximate surface area is 339 Å². The van der Waals surface area contributed by atoms with Crippen LogP contribution in [0.5, 0.6) is 23.0 Å². The van der Waals surface area contributed by atoms with Gasteiger partial charge < -0.3 is 18.1 Å². The summed E-state index contributed by atoms with van der Waals surface area (Å²) in [5, 5.41) is 4.62. The van der Waals surface area contributed by atoms with Gasteiger partial charge in [0, 0.05) is 22.3 Å². The molecule has 0 aliphatic heterocycles. The van der Waals surface area contributed by atoms with Gasteiger partial charge >= 0.3 is 0 Å². The molecule has 0 radical (unpaired) electrons. The van der Waals surface area contributed by atoms with Gasteiger partial charge in [-0.15, -0.1) is 0 Å². The first-order chi connectivity index (χ1) is 26.1. The number of rotatable bonds is 9. The second-order valence-corrected chi connectivity index (χ2v) is 20.3. The lowest BCUT2D eigenvalue weighted by molar-refractivity contribution is 0.484. The predicted molar refractivity (Wildman–Crippen MR) is 243 cm³/mol. The van der Waals surface area contributed by atoms with Crippen molar-refractivity contribution in [2.24, 2.45) is 0 Å². The zero-order chi connectivity index (χ0) is 40.8. The van der Waals surface area contributed by atoms with Crippen molar-refractivity contribution < 1.29 is 18.1 Å². The fraction of sp³-hybridized carbons (Fsp3) is 0.360. The molecule has 6 aromatic carbocycles. The molecule has 2 unspecified atom stereocenters. The van der Waals surface area contributed by atoms with Crippen LogP contribution in [0.3, 0.4) is 0 Å². The van der Waals surface area contributed by atoms with Gasteiger partial charge in [0.1, 0.15) is 23.0 Å². The van der Waals surface area contributed by atoms with E-state index < -0.39 is 0 Å². The standard InChI is InChI=1S/C50H60O4P2/c1-31-39(47(3,4)5)29-41(49(9,10)11)45(53-55-51-37-25-23-33-19-15-17-21-35(33)27-37)43(31)44-32(2)40(48(6,7)8)30-42(50(12,13)14)46(44)54-56-52-38-26-24-34-20-16-18-22-36(34)28-38/h15-30,55-56H,1-14H3. The molecule has 6 rings (SSSR count). The molecule has 0 bridgehead atoms. The van der Waals surface area contributed by atoms with E-state index in [9.17, 15) is 0 Å². The van der Waals surface area contributed by atoms with Crippen molar-refractivity contribution in [3.63, 3.8) is 0 Å². The smallest absolute Gasteiger partial charge is 0.275 e. The second kappa shape index (κ2) is 15.7. The third-order valence-electron chi connectivity index (χ3n) is 10.6. The zero-order valence-corrected chi connectivity index (χ0v) is 37.9. The van der Waals surface area contributed by atoms with Crippen LogP contribution in [-0.2, 0) is 21.7 Å². The summed E-state index contributed by atoms with van der Waals surface area (Å²) < 4.78 is 26.9. The molecule has 0 aliphatic rings. The van der Waals surface area contributed by atoms with Crippen LogP contribution in [0.25, 0.3) is 32.7 Å². The maximum atomic E-state index is 7.01. The zero-order valence-electron chi connectivity index (χ0n) is 35.9. The monoisotopic (exact) mass is 786 g/mol. The summed E-state index contributed by atoms with van der Waals surface area (Å²) in [6.07, 6.45) is 0. The summed E-state index contributed by atoms with van der Waals surface area (Å²) in [6, 6.07) is 33.8. The molecule has 0 aromatic heterocycles. The van der Waals surface area contributed by atoms with Gasteiger partial charge in [-0.1, -0.05) is 156 Å². The Morgan fingerprint density at radius 2 is 0.679 bits per heavy atom. The van der Waals surface area contributed by atoms with Crippen molar-refractivity contribution in [3.05, 3.63) is 130 Å². The van der Waals surface area contributed by atoms with Gasteiger partial charge in [-0.05, 0) is 104 Å². The Morgan fingerprint density at radius 3 is 1.00 bits per heavy atom. The summed E-state index contributed by atoms with van der Waals surface area (Å²) in [7, 11) is -0.538. The van der Waals surface area contributed by atoms with E-state index in [-0.39, 0.29) is 39.7 Å². The highest BCUT2D eigenvalue weighted by molar-refractivity contribution is 7.27. The third-order valence-corrected chi connectivity index (χ3v) is 11.8. The van der Waals surface area contributed by atoms with Gasteiger partial charge in [-0.2, -0.15) is 0 Å². The van der Waals surface area contributed by atoms with E-state index >= 15 is 0 Å². The van der Waals surface area contributed by atoms with Gasteiger partial charge in [-0.25, -0.2) is 0 Å². The van der Waals surface area contributed by atoms with E-state index in [0.717, 1.165) is 56.0 Å². The van der Waals surface area contributed by atoms with E-state index in [0.29, 0.717) is 0 Å². The number of hydrogen-bond donors (Lipinski definition) is 0. The van der Waals surface area contributed by atoms with E-state index in [4.69, 9.17) is 18.1 Å². The Kier molecular flexibility index (Phi) is 11.6. The van der Waals surface area contributed by atoms with E-state index in [1.807, 2.05) is 12.1 Å². The minimum absolute atomic E-state index is 0.133. The molecule has 0 spiro atoms. The Morgan fingerprint density at radius 1 is 0.357 bits per heavy atom. The molecule has 0 saturated carbocycles. The minimum Gasteiger partial charge on any atom is -0.441 e. The molecule has 0 N–H and O–H groups in total. The molecular weight excluding hydrogens is 726 g/mol. The summed E-state index contributed by atoms with van der Waals surface area (Å²) in [6.45, 7) is 31.9. The van der Waals surface area contributed by atoms with Gasteiger partial charge in [0.25, 0.3) is 18.1 Å². The van der Waals surface area contributed by atoms with Crippen LogP contribution in [0.1, 0.15) is 116 Å². The van der Waals surface area contributed by atoms with E-state index in [1.165, 1.54) is 33.0 Å². The largest absolute Gasteiger partial charge is 0.441 e. The fourth-order valence-electron chi connectivity index (χ4n) is 7.68. The fourth-order valence-corrected chi connectivity index (χ4v) is 8.81. The molecule has 0 aliphatic carbocycles. The summed E-state index contributed by atoms with van der Waals surface area (Å²) in [4.78, 5) is 0. The normalized spacial score (nSPS) is 13.0. The van der Waals surface area contributed by atoms with Crippen LogP contribution < -0.4 is 18.1 Å². The molecule has 2 atom stereocenters. The average Bonchev–Trinajstić information content (AvgIpc) is 3.10. The molecule has 4 nitrogen and oxygen atoms in total. The van der Waals surface area contributed by atoms with Crippen molar-refractivity contribution in [1.29, 1.82) is 0 Å². The minimum atomic E-state index is -0.269. The second-order valence-electron chi connectivity index (χ2n) is 19.2. The SMILES string of the molecule is Cc1c(C(C)(C)C)cc(C(C)(C)C)c(OPOc2ccc3ccccc3c2)c1-c1c(C)c(C(C)(C)C)cc(C(C)(C)C)c1OPOc1ccc2ccccc2c1. The first-order valence-corrected chi connectivity index (χ1v) is 21.3. The topological polar surface area (TPSA) is 36.9 Å². The molecule has 294 valence electrons. The van der Waals surface area contributed by atoms with Crippen LogP contribution in [0.4, 0.5) is 0 Å². The molecule has 56 heavy (non-hydrogen) atoms. The molecule has 6 aromatic rings. The summed E-state index contributed by atoms with van der Waals surface area (Å²) in [5.74, 6) is 3.22. The highest BCUT2D eigenvalue weighted by atomic mass is 31.1. The van der Waals surface area contributed by atoms with Crippen molar-refractivity contribution in [2.75, 3.05) is 0 Å². The average molecular weight is 787 g/mol. The van der Waals surface area contributed by atoms with Crippen LogP contribution in [0.15, 0.2) is 97.1 Å². The van der Waals surface area contributed by atoms with Crippen LogP contribution in [-0.4, -0.2) is 0 Å². The first-order valence-electron chi connectivity index (χ1n) is 19.7. The van der Waals surface area contributed by atoms with E-state index in [1.54, 1.807) is 0 Å². The lowest BCUT2D eigenvalue weighted by Crippen LogP contribution is -2.22. The Balaban J connectivity index is 1.57. The van der Waals surface area contributed by atoms with Crippen molar-refractivity contribution >= 4 is 39.6 Å². The molecule has 0 fully saturated rings. The predicted octanol–water partition coefficient (Wildman–Crippen LogP) is 15.4. The van der Waals surface area contributed by atoms with Crippen molar-refractivity contribution in [1.82, 2.24) is 0 Å². The van der Waals surface area contributed by atoms with Gasteiger partial charge in [0.2, 0.25) is 0 Å². The summed E-state index contributed by atoms with van der Waals surface area (Å²) in [5.41, 5.74) is 8.54. The van der Waals surface area contributed by atoms with Gasteiger partial charge in [-0.3, -0.25) is 0 Å². The summed E-state index contributed by atoms with van der Waals surface area (Å²) >= 11 is 0. The van der Waals surface area contributed by atoms with Crippen molar-refractivity contribution in [2.45, 2.75) is 119 Å². The quantitative estimate of drug-likeness (QED) is 0.137. The molecule has 6 heteroatoms. The highest BCUT2D eigenvalue weighted by Crippen LogP contribution is 2.54.